The molecule has 7 heteroatoms. The van der Waals surface area contributed by atoms with E-state index in [9.17, 15) is 9.59 Å². The van der Waals surface area contributed by atoms with E-state index in [0.29, 0.717) is 13.0 Å². The number of fused-ring (bicyclic) bond motifs is 1. The molecule has 1 aromatic rings. The summed E-state index contributed by atoms with van der Waals surface area (Å²) in [5, 5.41) is 5.73. The van der Waals surface area contributed by atoms with E-state index in [-0.39, 0.29) is 24.4 Å². The Kier molecular flexibility index (Phi) is 3.61. The third-order valence-electron chi connectivity index (χ3n) is 2.96. The lowest BCUT2D eigenvalue weighted by molar-refractivity contribution is -0.131. The second kappa shape index (κ2) is 5.18. The molecular formula is C11H17N5O2. The number of nitrogens with one attached hydrogen (secondary N) is 3. The summed E-state index contributed by atoms with van der Waals surface area (Å²) in [5.41, 5.74) is 1.93. The van der Waals surface area contributed by atoms with Gasteiger partial charge < -0.3 is 15.2 Å². The topological polar surface area (TPSA) is 90.1 Å². The average Bonchev–Trinajstić information content (AvgIpc) is 2.82. The molecule has 1 aromatic heterocycles. The van der Waals surface area contributed by atoms with E-state index in [4.69, 9.17) is 0 Å². The van der Waals surface area contributed by atoms with Gasteiger partial charge in [0, 0.05) is 27.1 Å². The van der Waals surface area contributed by atoms with E-state index in [1.807, 2.05) is 0 Å². The number of rotatable bonds is 3. The second-order valence-electron chi connectivity index (χ2n) is 4.47. The SMILES string of the molecule is CN(C)C(=O)CNC(=O)C1Cc2nc[nH]c2CN1. The van der Waals surface area contributed by atoms with Crippen LogP contribution in [0.25, 0.3) is 0 Å². The van der Waals surface area contributed by atoms with Crippen molar-refractivity contribution in [3.05, 3.63) is 17.7 Å². The maximum absolute atomic E-state index is 11.9. The molecule has 18 heavy (non-hydrogen) atoms. The molecule has 0 bridgehead atoms. The summed E-state index contributed by atoms with van der Waals surface area (Å²) in [5.74, 6) is -0.293. The van der Waals surface area contributed by atoms with Gasteiger partial charge in [0.2, 0.25) is 11.8 Å². The van der Waals surface area contributed by atoms with Crippen molar-refractivity contribution < 1.29 is 9.59 Å². The van der Waals surface area contributed by atoms with Crippen LogP contribution in [0.5, 0.6) is 0 Å². The fraction of sp³-hybridized carbons (Fsp3) is 0.545. The normalized spacial score (nSPS) is 18.0. The molecule has 0 radical (unpaired) electrons. The molecule has 1 unspecified atom stereocenters. The van der Waals surface area contributed by atoms with Crippen molar-refractivity contribution in [1.82, 2.24) is 25.5 Å². The van der Waals surface area contributed by atoms with Crippen LogP contribution in [0.2, 0.25) is 0 Å². The number of H-pyrrole nitrogens is 1. The van der Waals surface area contributed by atoms with Gasteiger partial charge in [-0.2, -0.15) is 0 Å². The molecule has 0 saturated heterocycles. The Labute approximate surface area is 105 Å². The van der Waals surface area contributed by atoms with Crippen LogP contribution in [0.4, 0.5) is 0 Å². The van der Waals surface area contributed by atoms with Crippen LogP contribution in [-0.2, 0) is 22.6 Å². The Morgan fingerprint density at radius 2 is 2.33 bits per heavy atom. The first-order valence-corrected chi connectivity index (χ1v) is 5.80. The molecule has 0 aromatic carbocycles. The fourth-order valence-electron chi connectivity index (χ4n) is 1.80. The molecule has 98 valence electrons. The molecule has 1 atom stereocenters. The molecule has 1 aliphatic heterocycles. The third kappa shape index (κ3) is 2.67. The number of hydrogen-bond donors (Lipinski definition) is 3. The van der Waals surface area contributed by atoms with Crippen molar-refractivity contribution in [2.75, 3.05) is 20.6 Å². The largest absolute Gasteiger partial charge is 0.347 e. The van der Waals surface area contributed by atoms with Gasteiger partial charge >= 0.3 is 0 Å². The van der Waals surface area contributed by atoms with Crippen LogP contribution in [0.15, 0.2) is 6.33 Å². The molecule has 2 amide bonds. The molecule has 7 nitrogen and oxygen atoms in total. The van der Waals surface area contributed by atoms with Gasteiger partial charge in [0.05, 0.1) is 30.3 Å². The van der Waals surface area contributed by atoms with Crippen molar-refractivity contribution in [2.45, 2.75) is 19.0 Å². The highest BCUT2D eigenvalue weighted by Crippen LogP contribution is 2.11. The van der Waals surface area contributed by atoms with Crippen molar-refractivity contribution in [1.29, 1.82) is 0 Å². The first-order valence-electron chi connectivity index (χ1n) is 5.80. The van der Waals surface area contributed by atoms with Crippen molar-refractivity contribution in [2.24, 2.45) is 0 Å². The molecule has 2 heterocycles. The van der Waals surface area contributed by atoms with E-state index >= 15 is 0 Å². The van der Waals surface area contributed by atoms with Gasteiger partial charge in [-0.15, -0.1) is 0 Å². The summed E-state index contributed by atoms with van der Waals surface area (Å²) in [7, 11) is 3.31. The predicted octanol–water partition coefficient (Wildman–Crippen LogP) is -1.37. The highest BCUT2D eigenvalue weighted by atomic mass is 16.2. The summed E-state index contributed by atoms with van der Waals surface area (Å²) in [6, 6.07) is -0.323. The maximum Gasteiger partial charge on any atom is 0.241 e. The van der Waals surface area contributed by atoms with E-state index in [1.165, 1.54) is 4.90 Å². The molecule has 0 aliphatic carbocycles. The van der Waals surface area contributed by atoms with Crippen molar-refractivity contribution >= 4 is 11.8 Å². The quantitative estimate of drug-likeness (QED) is 0.618. The molecular weight excluding hydrogens is 234 g/mol. The summed E-state index contributed by atoms with van der Waals surface area (Å²) in [6.45, 7) is 0.618. The van der Waals surface area contributed by atoms with E-state index in [2.05, 4.69) is 20.6 Å². The molecule has 0 saturated carbocycles. The summed E-state index contributed by atoms with van der Waals surface area (Å²) in [6.07, 6.45) is 2.17. The van der Waals surface area contributed by atoms with Gasteiger partial charge in [0.1, 0.15) is 0 Å². The van der Waals surface area contributed by atoms with Gasteiger partial charge in [0.15, 0.2) is 0 Å². The number of likely N-dealkylation sites (N-methyl/N-ethyl adjacent to an activating group) is 1. The van der Waals surface area contributed by atoms with E-state index in [1.54, 1.807) is 20.4 Å². The standard InChI is InChI=1S/C11H17N5O2/c1-16(2)10(17)5-13-11(18)8-3-7-9(4-12-8)15-6-14-7/h6,8,12H,3-5H2,1-2H3,(H,13,18)(H,14,15). The lowest BCUT2D eigenvalue weighted by Crippen LogP contribution is -2.49. The van der Waals surface area contributed by atoms with E-state index < -0.39 is 0 Å². The lowest BCUT2D eigenvalue weighted by Gasteiger charge is -2.22. The van der Waals surface area contributed by atoms with Crippen LogP contribution in [0.3, 0.4) is 0 Å². The van der Waals surface area contributed by atoms with Crippen LogP contribution in [-0.4, -0.2) is 53.4 Å². The maximum atomic E-state index is 11.9. The number of aromatic amines is 1. The zero-order chi connectivity index (χ0) is 13.1. The minimum Gasteiger partial charge on any atom is -0.347 e. The first kappa shape index (κ1) is 12.6. The monoisotopic (exact) mass is 251 g/mol. The molecule has 2 rings (SSSR count). The summed E-state index contributed by atoms with van der Waals surface area (Å²) < 4.78 is 0. The molecule has 0 spiro atoms. The number of aromatic nitrogens is 2. The van der Waals surface area contributed by atoms with Gasteiger partial charge in [0.25, 0.3) is 0 Å². The number of carbonyl (C=O) groups is 2. The number of hydrogen-bond acceptors (Lipinski definition) is 4. The summed E-state index contributed by atoms with van der Waals surface area (Å²) >= 11 is 0. The number of imidazole rings is 1. The van der Waals surface area contributed by atoms with Crippen LogP contribution in [0.1, 0.15) is 11.4 Å². The minimum absolute atomic E-state index is 0.0252. The zero-order valence-electron chi connectivity index (χ0n) is 10.5. The Bertz CT molecular complexity index is 454. The van der Waals surface area contributed by atoms with Gasteiger partial charge in [-0.25, -0.2) is 4.98 Å². The summed E-state index contributed by atoms with van der Waals surface area (Å²) in [4.78, 5) is 31.9. The van der Waals surface area contributed by atoms with Crippen LogP contribution >= 0.6 is 0 Å². The number of amides is 2. The zero-order valence-corrected chi connectivity index (χ0v) is 10.5. The van der Waals surface area contributed by atoms with Gasteiger partial charge in [-0.3, -0.25) is 14.9 Å². The highest BCUT2D eigenvalue weighted by Gasteiger charge is 2.25. The van der Waals surface area contributed by atoms with Crippen molar-refractivity contribution in [3.8, 4) is 0 Å². The molecule has 1 aliphatic rings. The fourth-order valence-corrected chi connectivity index (χ4v) is 1.80. The Balaban J connectivity index is 1.86. The van der Waals surface area contributed by atoms with Crippen LogP contribution < -0.4 is 10.6 Å². The highest BCUT2D eigenvalue weighted by molar-refractivity contribution is 5.87. The van der Waals surface area contributed by atoms with E-state index in [0.717, 1.165) is 11.4 Å². The van der Waals surface area contributed by atoms with Gasteiger partial charge in [-0.05, 0) is 0 Å². The Morgan fingerprint density at radius 1 is 1.56 bits per heavy atom. The second-order valence-corrected chi connectivity index (χ2v) is 4.47. The average molecular weight is 251 g/mol. The number of nitrogens with zero attached hydrogens (tertiary/aromatic N) is 2. The predicted molar refractivity (Wildman–Crippen MR) is 64.6 cm³/mol. The third-order valence-corrected chi connectivity index (χ3v) is 2.96. The van der Waals surface area contributed by atoms with Gasteiger partial charge in [-0.1, -0.05) is 0 Å². The van der Waals surface area contributed by atoms with Crippen molar-refractivity contribution in [3.63, 3.8) is 0 Å². The Morgan fingerprint density at radius 3 is 3.06 bits per heavy atom. The smallest absolute Gasteiger partial charge is 0.241 e. The molecule has 0 fully saturated rings. The minimum atomic E-state index is -0.323. The Hall–Kier alpha value is -1.89. The number of carbonyl (C=O) groups excluding carboxylic acids is 2. The van der Waals surface area contributed by atoms with Crippen LogP contribution in [0, 0.1) is 0 Å². The lowest BCUT2D eigenvalue weighted by atomic mass is 10.0. The molecule has 3 N–H and O–H groups in total. The first-order chi connectivity index (χ1) is 8.58.